The summed E-state index contributed by atoms with van der Waals surface area (Å²) in [5.74, 6) is 2.14. The molecular weight excluding hydrogens is 409 g/mol. The Morgan fingerprint density at radius 3 is 2.73 bits per heavy atom. The molecule has 0 aromatic heterocycles. The van der Waals surface area contributed by atoms with E-state index in [1.807, 2.05) is 36.0 Å². The average Bonchev–Trinajstić information content (AvgIpc) is 3.03. The summed E-state index contributed by atoms with van der Waals surface area (Å²) in [4.78, 5) is 4.63. The van der Waals surface area contributed by atoms with Crippen LogP contribution in [0.3, 0.4) is 0 Å². The van der Waals surface area contributed by atoms with Gasteiger partial charge in [-0.05, 0) is 36.6 Å². The van der Waals surface area contributed by atoms with Crippen molar-refractivity contribution >= 4 is 41.7 Å². The number of benzene rings is 1. The van der Waals surface area contributed by atoms with Crippen LogP contribution < -0.4 is 10.6 Å². The van der Waals surface area contributed by atoms with Crippen LogP contribution in [0.1, 0.15) is 30.9 Å². The molecule has 1 aliphatic rings. The molecule has 0 saturated carbocycles. The minimum Gasteiger partial charge on any atom is -0.392 e. The van der Waals surface area contributed by atoms with Crippen molar-refractivity contribution in [1.82, 2.24) is 10.6 Å². The smallest absolute Gasteiger partial charge is 0.191 e. The third kappa shape index (κ3) is 6.34. The van der Waals surface area contributed by atoms with Crippen LogP contribution in [-0.2, 0) is 13.2 Å². The second-order valence-electron chi connectivity index (χ2n) is 5.14. The molecule has 1 heterocycles. The molecule has 1 aliphatic heterocycles. The molecule has 0 amide bonds. The van der Waals surface area contributed by atoms with E-state index >= 15 is 0 Å². The van der Waals surface area contributed by atoms with Crippen molar-refractivity contribution in [2.45, 2.75) is 38.2 Å². The molecule has 1 aromatic carbocycles. The lowest BCUT2D eigenvalue weighted by Gasteiger charge is -2.14. The highest BCUT2D eigenvalue weighted by molar-refractivity contribution is 14.0. The topological polar surface area (TPSA) is 56.7 Å². The Morgan fingerprint density at radius 1 is 1.32 bits per heavy atom. The first-order valence-corrected chi connectivity index (χ1v) is 8.69. The van der Waals surface area contributed by atoms with Gasteiger partial charge in [-0.2, -0.15) is 11.8 Å². The normalized spacial score (nSPS) is 17.9. The third-order valence-electron chi connectivity index (χ3n) is 3.56. The first kappa shape index (κ1) is 19.6. The van der Waals surface area contributed by atoms with Gasteiger partial charge in [-0.15, -0.1) is 24.0 Å². The standard InChI is InChI=1S/C16H25N3OS.HI/c1-2-17-16(19-11-15-8-5-9-21-15)18-10-13-6-3-4-7-14(13)12-20;/h3-4,6-7,15,20H,2,5,8-12H2,1H3,(H2,17,18,19);1H. The SMILES string of the molecule is CCNC(=NCc1ccccc1CO)NCC1CCCS1.I. The Labute approximate surface area is 154 Å². The molecule has 3 N–H and O–H groups in total. The van der Waals surface area contributed by atoms with E-state index in [2.05, 4.69) is 22.5 Å². The molecule has 0 radical (unpaired) electrons. The number of aliphatic hydroxyl groups excluding tert-OH is 1. The van der Waals surface area contributed by atoms with Gasteiger partial charge in [0.1, 0.15) is 0 Å². The molecular formula is C16H26IN3OS. The number of hydrogen-bond donors (Lipinski definition) is 3. The van der Waals surface area contributed by atoms with E-state index in [1.165, 1.54) is 18.6 Å². The summed E-state index contributed by atoms with van der Waals surface area (Å²) in [7, 11) is 0. The Hall–Kier alpha value is -0.470. The fourth-order valence-electron chi connectivity index (χ4n) is 2.39. The summed E-state index contributed by atoms with van der Waals surface area (Å²) >= 11 is 2.04. The van der Waals surface area contributed by atoms with Crippen LogP contribution in [0.15, 0.2) is 29.3 Å². The fraction of sp³-hybridized carbons (Fsp3) is 0.562. The van der Waals surface area contributed by atoms with Crippen molar-refractivity contribution in [3.63, 3.8) is 0 Å². The molecule has 1 atom stereocenters. The van der Waals surface area contributed by atoms with E-state index in [1.54, 1.807) is 0 Å². The monoisotopic (exact) mass is 435 g/mol. The average molecular weight is 435 g/mol. The van der Waals surface area contributed by atoms with Crippen LogP contribution in [0.2, 0.25) is 0 Å². The highest BCUT2D eigenvalue weighted by atomic mass is 127. The molecule has 4 nitrogen and oxygen atoms in total. The zero-order chi connectivity index (χ0) is 14.9. The predicted octanol–water partition coefficient (Wildman–Crippen LogP) is 2.75. The minimum absolute atomic E-state index is 0. The van der Waals surface area contributed by atoms with Crippen molar-refractivity contribution in [3.05, 3.63) is 35.4 Å². The number of rotatable bonds is 6. The van der Waals surface area contributed by atoms with Crippen LogP contribution in [-0.4, -0.2) is 35.2 Å². The summed E-state index contributed by atoms with van der Waals surface area (Å²) in [5.41, 5.74) is 2.02. The fourth-order valence-corrected chi connectivity index (χ4v) is 3.59. The van der Waals surface area contributed by atoms with Gasteiger partial charge in [0.25, 0.3) is 0 Å². The second kappa shape index (κ2) is 11.1. The molecule has 0 aliphatic carbocycles. The molecule has 1 saturated heterocycles. The van der Waals surface area contributed by atoms with Crippen LogP contribution >= 0.6 is 35.7 Å². The van der Waals surface area contributed by atoms with Crippen molar-refractivity contribution in [2.75, 3.05) is 18.8 Å². The zero-order valence-corrected chi connectivity index (χ0v) is 16.2. The zero-order valence-electron chi connectivity index (χ0n) is 13.0. The summed E-state index contributed by atoms with van der Waals surface area (Å²) in [5, 5.41) is 16.8. The van der Waals surface area contributed by atoms with Gasteiger partial charge in [0.15, 0.2) is 5.96 Å². The Balaban J connectivity index is 0.00000242. The van der Waals surface area contributed by atoms with Gasteiger partial charge >= 0.3 is 0 Å². The Morgan fingerprint density at radius 2 is 2.09 bits per heavy atom. The maximum absolute atomic E-state index is 9.35. The molecule has 1 unspecified atom stereocenters. The van der Waals surface area contributed by atoms with Gasteiger partial charge in [0, 0.05) is 18.3 Å². The lowest BCUT2D eigenvalue weighted by molar-refractivity contribution is 0.280. The molecule has 1 fully saturated rings. The number of thioether (sulfide) groups is 1. The van der Waals surface area contributed by atoms with Gasteiger partial charge < -0.3 is 15.7 Å². The molecule has 22 heavy (non-hydrogen) atoms. The number of halogens is 1. The second-order valence-corrected chi connectivity index (χ2v) is 6.55. The molecule has 0 spiro atoms. The van der Waals surface area contributed by atoms with Crippen LogP contribution in [0.25, 0.3) is 0 Å². The maximum atomic E-state index is 9.35. The van der Waals surface area contributed by atoms with Crippen molar-refractivity contribution < 1.29 is 5.11 Å². The summed E-state index contributed by atoms with van der Waals surface area (Å²) < 4.78 is 0. The van der Waals surface area contributed by atoms with Crippen LogP contribution in [0.5, 0.6) is 0 Å². The molecule has 124 valence electrons. The molecule has 0 bridgehead atoms. The number of aliphatic imine (C=N–C) groups is 1. The Bertz CT molecular complexity index is 464. The highest BCUT2D eigenvalue weighted by Crippen LogP contribution is 2.25. The number of hydrogen-bond acceptors (Lipinski definition) is 3. The van der Waals surface area contributed by atoms with E-state index < -0.39 is 0 Å². The highest BCUT2D eigenvalue weighted by Gasteiger charge is 2.15. The van der Waals surface area contributed by atoms with Crippen molar-refractivity contribution in [3.8, 4) is 0 Å². The summed E-state index contributed by atoms with van der Waals surface area (Å²) in [6, 6.07) is 7.89. The van der Waals surface area contributed by atoms with Crippen LogP contribution in [0.4, 0.5) is 0 Å². The van der Waals surface area contributed by atoms with E-state index in [0.29, 0.717) is 11.8 Å². The van der Waals surface area contributed by atoms with Crippen LogP contribution in [0, 0.1) is 0 Å². The van der Waals surface area contributed by atoms with Gasteiger partial charge in [-0.3, -0.25) is 0 Å². The Kier molecular flexibility index (Phi) is 9.90. The lowest BCUT2D eigenvalue weighted by Crippen LogP contribution is -2.40. The quantitative estimate of drug-likeness (QED) is 0.366. The summed E-state index contributed by atoms with van der Waals surface area (Å²) in [6.45, 7) is 4.55. The van der Waals surface area contributed by atoms with Gasteiger partial charge in [0.05, 0.1) is 13.2 Å². The largest absolute Gasteiger partial charge is 0.392 e. The van der Waals surface area contributed by atoms with E-state index in [9.17, 15) is 5.11 Å². The van der Waals surface area contributed by atoms with E-state index in [4.69, 9.17) is 0 Å². The van der Waals surface area contributed by atoms with Gasteiger partial charge in [-0.1, -0.05) is 24.3 Å². The minimum atomic E-state index is 0. The number of nitrogens with zero attached hydrogens (tertiary/aromatic N) is 1. The van der Waals surface area contributed by atoms with E-state index in [-0.39, 0.29) is 30.6 Å². The molecule has 6 heteroatoms. The summed E-state index contributed by atoms with van der Waals surface area (Å²) in [6.07, 6.45) is 2.62. The number of aliphatic hydroxyl groups is 1. The van der Waals surface area contributed by atoms with E-state index in [0.717, 1.165) is 30.2 Å². The molecule has 1 aromatic rings. The first-order chi connectivity index (χ1) is 10.3. The number of nitrogens with one attached hydrogen (secondary N) is 2. The van der Waals surface area contributed by atoms with Gasteiger partial charge in [-0.25, -0.2) is 4.99 Å². The predicted molar refractivity (Wildman–Crippen MR) is 106 cm³/mol. The van der Waals surface area contributed by atoms with Crippen molar-refractivity contribution in [2.24, 2.45) is 4.99 Å². The molecule has 2 rings (SSSR count). The first-order valence-electron chi connectivity index (χ1n) is 7.65. The maximum Gasteiger partial charge on any atom is 0.191 e. The van der Waals surface area contributed by atoms with Gasteiger partial charge in [0.2, 0.25) is 0 Å². The number of guanidine groups is 1. The third-order valence-corrected chi connectivity index (χ3v) is 4.96. The lowest BCUT2D eigenvalue weighted by atomic mass is 10.1. The van der Waals surface area contributed by atoms with Crippen molar-refractivity contribution in [1.29, 1.82) is 0 Å².